The average molecular weight is 266 g/mol. The molecule has 1 aromatic rings. The van der Waals surface area contributed by atoms with E-state index in [-0.39, 0.29) is 17.5 Å². The van der Waals surface area contributed by atoms with Crippen molar-refractivity contribution in [2.45, 2.75) is 50.7 Å². The van der Waals surface area contributed by atoms with E-state index in [1.807, 2.05) is 13.0 Å². The van der Waals surface area contributed by atoms with Crippen molar-refractivity contribution >= 4 is 0 Å². The predicted molar refractivity (Wildman–Crippen MR) is 74.2 cm³/mol. The first kappa shape index (κ1) is 14.4. The molecule has 0 amide bonds. The zero-order chi connectivity index (χ0) is 13.9. The molecule has 0 aromatic heterocycles. The van der Waals surface area contributed by atoms with E-state index >= 15 is 0 Å². The highest BCUT2D eigenvalue weighted by molar-refractivity contribution is 5.27. The quantitative estimate of drug-likeness (QED) is 0.614. The van der Waals surface area contributed by atoms with Crippen LogP contribution in [0.3, 0.4) is 0 Å². The summed E-state index contributed by atoms with van der Waals surface area (Å²) < 4.78 is 18.9. The van der Waals surface area contributed by atoms with Gasteiger partial charge in [-0.3, -0.25) is 11.3 Å². The van der Waals surface area contributed by atoms with Crippen LogP contribution in [0.1, 0.15) is 36.8 Å². The van der Waals surface area contributed by atoms with Gasteiger partial charge in [-0.2, -0.15) is 0 Å². The number of nitrogens with two attached hydrogens (primary N) is 1. The summed E-state index contributed by atoms with van der Waals surface area (Å²) in [5, 5.41) is 0. The molecule has 3 N–H and O–H groups in total. The number of hydrazine groups is 1. The van der Waals surface area contributed by atoms with Crippen LogP contribution in [0.4, 0.5) is 4.39 Å². The highest BCUT2D eigenvalue weighted by atomic mass is 19.1. The number of aryl methyl sites for hydroxylation is 1. The zero-order valence-corrected chi connectivity index (χ0v) is 11.7. The van der Waals surface area contributed by atoms with Gasteiger partial charge in [-0.25, -0.2) is 4.39 Å². The number of benzene rings is 1. The zero-order valence-electron chi connectivity index (χ0n) is 11.7. The summed E-state index contributed by atoms with van der Waals surface area (Å²) in [5.41, 5.74) is 4.93. The standard InChI is InChI=1S/C15H23FN2O/c1-11-4-5-13(16)8-12(11)9-14(18-17)10-15(19-2)6-3-7-15/h4-5,8,14,18H,3,6-7,9-10,17H2,1-2H3. The van der Waals surface area contributed by atoms with Crippen LogP contribution in [0.2, 0.25) is 0 Å². The van der Waals surface area contributed by atoms with Crippen molar-refractivity contribution in [3.8, 4) is 0 Å². The molecule has 2 rings (SSSR count). The van der Waals surface area contributed by atoms with Gasteiger partial charge in [0.05, 0.1) is 5.60 Å². The highest BCUT2D eigenvalue weighted by Gasteiger charge is 2.38. The molecule has 106 valence electrons. The first-order valence-electron chi connectivity index (χ1n) is 6.85. The minimum atomic E-state index is -0.193. The third kappa shape index (κ3) is 3.32. The molecule has 0 heterocycles. The lowest BCUT2D eigenvalue weighted by Gasteiger charge is -2.42. The van der Waals surface area contributed by atoms with Gasteiger partial charge in [0.1, 0.15) is 5.82 Å². The van der Waals surface area contributed by atoms with E-state index in [9.17, 15) is 4.39 Å². The molecule has 0 spiro atoms. The van der Waals surface area contributed by atoms with E-state index in [1.165, 1.54) is 12.5 Å². The van der Waals surface area contributed by atoms with Crippen molar-refractivity contribution in [1.29, 1.82) is 0 Å². The van der Waals surface area contributed by atoms with Crippen LogP contribution in [0.5, 0.6) is 0 Å². The maximum atomic E-state index is 13.3. The Morgan fingerprint density at radius 3 is 2.74 bits per heavy atom. The third-order valence-electron chi connectivity index (χ3n) is 4.33. The van der Waals surface area contributed by atoms with Gasteiger partial charge in [0.2, 0.25) is 0 Å². The lowest BCUT2D eigenvalue weighted by molar-refractivity contribution is -0.0834. The maximum absolute atomic E-state index is 13.3. The van der Waals surface area contributed by atoms with Gasteiger partial charge in [0, 0.05) is 13.2 Å². The molecule has 1 aliphatic rings. The second-order valence-electron chi connectivity index (χ2n) is 5.58. The molecule has 0 aliphatic heterocycles. The molecule has 3 nitrogen and oxygen atoms in total. The molecule has 1 atom stereocenters. The smallest absolute Gasteiger partial charge is 0.123 e. The normalized spacial score (nSPS) is 18.9. The van der Waals surface area contributed by atoms with Crippen molar-refractivity contribution < 1.29 is 9.13 Å². The lowest BCUT2D eigenvalue weighted by Crippen LogP contribution is -2.48. The van der Waals surface area contributed by atoms with Gasteiger partial charge in [-0.1, -0.05) is 6.07 Å². The average Bonchev–Trinajstić information content (AvgIpc) is 2.36. The molecule has 1 aromatic carbocycles. The van der Waals surface area contributed by atoms with E-state index in [2.05, 4.69) is 5.43 Å². The van der Waals surface area contributed by atoms with Gasteiger partial charge in [0.15, 0.2) is 0 Å². The molecule has 0 saturated heterocycles. The Balaban J connectivity index is 2.04. The minimum absolute atomic E-state index is 0.0295. The SMILES string of the molecule is COC1(CC(Cc2cc(F)ccc2C)NN)CCC1. The summed E-state index contributed by atoms with van der Waals surface area (Å²) in [7, 11) is 1.76. The van der Waals surface area contributed by atoms with Crippen LogP contribution in [0.25, 0.3) is 0 Å². The predicted octanol–water partition coefficient (Wildman–Crippen LogP) is 2.47. The van der Waals surface area contributed by atoms with Crippen LogP contribution < -0.4 is 11.3 Å². The monoisotopic (exact) mass is 266 g/mol. The summed E-state index contributed by atoms with van der Waals surface area (Å²) in [6, 6.07) is 5.01. The molecule has 1 saturated carbocycles. The molecule has 1 unspecified atom stereocenters. The van der Waals surface area contributed by atoms with Crippen LogP contribution in [-0.4, -0.2) is 18.8 Å². The molecule has 1 aliphatic carbocycles. The number of hydrogen-bond acceptors (Lipinski definition) is 3. The van der Waals surface area contributed by atoms with E-state index in [0.717, 1.165) is 36.8 Å². The molecule has 0 radical (unpaired) electrons. The second-order valence-corrected chi connectivity index (χ2v) is 5.58. The van der Waals surface area contributed by atoms with E-state index in [0.29, 0.717) is 0 Å². The highest BCUT2D eigenvalue weighted by Crippen LogP contribution is 2.39. The third-order valence-corrected chi connectivity index (χ3v) is 4.33. The molecule has 0 bridgehead atoms. The van der Waals surface area contributed by atoms with Crippen molar-refractivity contribution in [1.82, 2.24) is 5.43 Å². The fourth-order valence-corrected chi connectivity index (χ4v) is 2.83. The molecule has 4 heteroatoms. The molecule has 19 heavy (non-hydrogen) atoms. The molecule has 1 fully saturated rings. The van der Waals surface area contributed by atoms with Crippen molar-refractivity contribution in [2.24, 2.45) is 5.84 Å². The lowest BCUT2D eigenvalue weighted by atomic mass is 9.75. The number of methoxy groups -OCH3 is 1. The summed E-state index contributed by atoms with van der Waals surface area (Å²) in [6.07, 6.45) is 4.99. The van der Waals surface area contributed by atoms with Gasteiger partial charge in [-0.15, -0.1) is 0 Å². The Bertz CT molecular complexity index is 427. The topological polar surface area (TPSA) is 47.3 Å². The first-order chi connectivity index (χ1) is 9.08. The maximum Gasteiger partial charge on any atom is 0.123 e. The van der Waals surface area contributed by atoms with Gasteiger partial charge in [-0.05, 0) is 62.3 Å². The van der Waals surface area contributed by atoms with Gasteiger partial charge < -0.3 is 4.74 Å². The molecular formula is C15H23FN2O. The van der Waals surface area contributed by atoms with Crippen molar-refractivity contribution in [2.75, 3.05) is 7.11 Å². The Morgan fingerprint density at radius 2 is 2.21 bits per heavy atom. The number of nitrogens with one attached hydrogen (secondary N) is 1. The number of halogens is 1. The summed E-state index contributed by atoms with van der Waals surface area (Å²) in [5.74, 6) is 5.46. The largest absolute Gasteiger partial charge is 0.378 e. The molecular weight excluding hydrogens is 243 g/mol. The number of rotatable bonds is 6. The Labute approximate surface area is 114 Å². The van der Waals surface area contributed by atoms with Crippen LogP contribution in [0.15, 0.2) is 18.2 Å². The van der Waals surface area contributed by atoms with Gasteiger partial charge in [0.25, 0.3) is 0 Å². The first-order valence-corrected chi connectivity index (χ1v) is 6.85. The fourth-order valence-electron chi connectivity index (χ4n) is 2.83. The summed E-state index contributed by atoms with van der Waals surface area (Å²) >= 11 is 0. The Hall–Kier alpha value is -0.970. The second kappa shape index (κ2) is 5.99. The fraction of sp³-hybridized carbons (Fsp3) is 0.600. The summed E-state index contributed by atoms with van der Waals surface area (Å²) in [6.45, 7) is 2.00. The number of ether oxygens (including phenoxy) is 1. The Kier molecular flexibility index (Phi) is 4.55. The minimum Gasteiger partial charge on any atom is -0.378 e. The van der Waals surface area contributed by atoms with Crippen LogP contribution >= 0.6 is 0 Å². The number of hydrogen-bond donors (Lipinski definition) is 2. The Morgan fingerprint density at radius 1 is 1.47 bits per heavy atom. The summed E-state index contributed by atoms with van der Waals surface area (Å²) in [4.78, 5) is 0. The van der Waals surface area contributed by atoms with E-state index in [4.69, 9.17) is 10.6 Å². The van der Waals surface area contributed by atoms with Gasteiger partial charge >= 0.3 is 0 Å². The van der Waals surface area contributed by atoms with E-state index < -0.39 is 0 Å². The van der Waals surface area contributed by atoms with Crippen molar-refractivity contribution in [3.63, 3.8) is 0 Å². The van der Waals surface area contributed by atoms with Crippen LogP contribution in [0, 0.1) is 12.7 Å². The van der Waals surface area contributed by atoms with Crippen molar-refractivity contribution in [3.05, 3.63) is 35.1 Å². The van der Waals surface area contributed by atoms with Crippen LogP contribution in [-0.2, 0) is 11.2 Å². The van der Waals surface area contributed by atoms with E-state index in [1.54, 1.807) is 13.2 Å².